The number of nitrogens with zero attached hydrogens (tertiary/aromatic N) is 3. The number of anilines is 2. The molecule has 0 bridgehead atoms. The number of hydrogen-bond donors (Lipinski definition) is 0. The fraction of sp³-hybridized carbons (Fsp3) is 0.238. The molecule has 4 nitrogen and oxygen atoms in total. The lowest BCUT2D eigenvalue weighted by Crippen LogP contribution is -2.31. The minimum atomic E-state index is -0.0987. The van der Waals surface area contributed by atoms with E-state index < -0.39 is 0 Å². The average Bonchev–Trinajstić information content (AvgIpc) is 2.86. The molecule has 2 aromatic rings. The number of aryl methyl sites for hydroxylation is 1. The SMILES string of the molecule is CCc1ccc(N2C(=O)/C(=C/c3ccc(N(C)C)cc3)N(C)C2=S)cc1. The first kappa shape index (κ1) is 18.1. The van der Waals surface area contributed by atoms with Crippen molar-refractivity contribution in [2.75, 3.05) is 30.9 Å². The number of carbonyl (C=O) groups is 1. The molecule has 0 atom stereocenters. The molecule has 1 heterocycles. The van der Waals surface area contributed by atoms with Crippen LogP contribution in [0.3, 0.4) is 0 Å². The number of benzene rings is 2. The third-order valence-corrected chi connectivity index (χ3v) is 5.03. The topological polar surface area (TPSA) is 26.8 Å². The molecule has 3 rings (SSSR count). The summed E-state index contributed by atoms with van der Waals surface area (Å²) in [5, 5.41) is 0.496. The Hall–Kier alpha value is -2.66. The summed E-state index contributed by atoms with van der Waals surface area (Å²) in [5.74, 6) is -0.0987. The third kappa shape index (κ3) is 3.35. The molecular formula is C21H23N3OS. The largest absolute Gasteiger partial charge is 0.378 e. The van der Waals surface area contributed by atoms with Gasteiger partial charge in [-0.2, -0.15) is 0 Å². The first-order valence-corrected chi connectivity index (χ1v) is 9.03. The van der Waals surface area contributed by atoms with Gasteiger partial charge in [-0.15, -0.1) is 0 Å². The lowest BCUT2D eigenvalue weighted by molar-refractivity contribution is -0.114. The van der Waals surface area contributed by atoms with Crippen LogP contribution in [0, 0.1) is 0 Å². The van der Waals surface area contributed by atoms with Crippen LogP contribution in [-0.4, -0.2) is 37.1 Å². The van der Waals surface area contributed by atoms with Crippen LogP contribution in [0.15, 0.2) is 54.2 Å². The van der Waals surface area contributed by atoms with Crippen LogP contribution in [-0.2, 0) is 11.2 Å². The maximum absolute atomic E-state index is 13.0. The van der Waals surface area contributed by atoms with Gasteiger partial charge in [0, 0.05) is 26.8 Å². The molecule has 0 spiro atoms. The van der Waals surface area contributed by atoms with E-state index in [1.54, 1.807) is 9.80 Å². The first-order valence-electron chi connectivity index (χ1n) is 8.62. The van der Waals surface area contributed by atoms with Gasteiger partial charge in [-0.3, -0.25) is 9.69 Å². The van der Waals surface area contributed by atoms with E-state index in [4.69, 9.17) is 12.2 Å². The molecule has 134 valence electrons. The molecule has 5 heteroatoms. The quantitative estimate of drug-likeness (QED) is 0.606. The molecule has 2 aromatic carbocycles. The molecule has 1 aliphatic rings. The van der Waals surface area contributed by atoms with Crippen molar-refractivity contribution in [1.82, 2.24) is 4.90 Å². The summed E-state index contributed by atoms with van der Waals surface area (Å²) < 4.78 is 0. The van der Waals surface area contributed by atoms with Crippen LogP contribution in [0.1, 0.15) is 18.1 Å². The van der Waals surface area contributed by atoms with Crippen molar-refractivity contribution in [3.63, 3.8) is 0 Å². The molecule has 0 N–H and O–H groups in total. The maximum Gasteiger partial charge on any atom is 0.281 e. The van der Waals surface area contributed by atoms with Crippen molar-refractivity contribution >= 4 is 40.7 Å². The average molecular weight is 366 g/mol. The predicted octanol–water partition coefficient (Wildman–Crippen LogP) is 3.92. The van der Waals surface area contributed by atoms with Gasteiger partial charge in [-0.05, 0) is 60.1 Å². The van der Waals surface area contributed by atoms with E-state index in [0.717, 1.165) is 23.4 Å². The standard InChI is InChI=1S/C21H23N3OS/c1-5-15-6-12-18(13-7-15)24-20(25)19(23(4)21(24)26)14-16-8-10-17(11-9-16)22(2)3/h6-14H,5H2,1-4H3/b19-14-. The van der Waals surface area contributed by atoms with Crippen LogP contribution in [0.5, 0.6) is 0 Å². The monoisotopic (exact) mass is 365 g/mol. The molecule has 1 aliphatic heterocycles. The summed E-state index contributed by atoms with van der Waals surface area (Å²) in [7, 11) is 5.84. The summed E-state index contributed by atoms with van der Waals surface area (Å²) >= 11 is 5.52. The van der Waals surface area contributed by atoms with Crippen LogP contribution >= 0.6 is 12.2 Å². The second-order valence-electron chi connectivity index (χ2n) is 6.52. The number of hydrogen-bond acceptors (Lipinski definition) is 3. The Bertz CT molecular complexity index is 854. The summed E-state index contributed by atoms with van der Waals surface area (Å²) in [6, 6.07) is 16.0. The highest BCUT2D eigenvalue weighted by Crippen LogP contribution is 2.28. The van der Waals surface area contributed by atoms with Crippen molar-refractivity contribution in [2.45, 2.75) is 13.3 Å². The number of amides is 1. The minimum absolute atomic E-state index is 0.0987. The molecule has 1 fully saturated rings. The summed E-state index contributed by atoms with van der Waals surface area (Å²) in [6.45, 7) is 2.11. The number of likely N-dealkylation sites (N-methyl/N-ethyl adjacent to an activating group) is 1. The highest BCUT2D eigenvalue weighted by Gasteiger charge is 2.36. The van der Waals surface area contributed by atoms with E-state index in [2.05, 4.69) is 6.92 Å². The number of carbonyl (C=O) groups excluding carboxylic acids is 1. The zero-order chi connectivity index (χ0) is 18.8. The Labute approximate surface area is 160 Å². The normalized spacial score (nSPS) is 15.9. The molecule has 0 aliphatic carbocycles. The Balaban J connectivity index is 1.91. The Morgan fingerprint density at radius 1 is 1.04 bits per heavy atom. The van der Waals surface area contributed by atoms with Gasteiger partial charge < -0.3 is 9.80 Å². The fourth-order valence-corrected chi connectivity index (χ4v) is 3.18. The molecule has 0 aromatic heterocycles. The summed E-state index contributed by atoms with van der Waals surface area (Å²) in [4.78, 5) is 18.4. The minimum Gasteiger partial charge on any atom is -0.378 e. The van der Waals surface area contributed by atoms with Gasteiger partial charge in [-0.25, -0.2) is 0 Å². The Kier molecular flexibility index (Phi) is 5.09. The lowest BCUT2D eigenvalue weighted by Gasteiger charge is -2.16. The van der Waals surface area contributed by atoms with Crippen molar-refractivity contribution in [3.8, 4) is 0 Å². The molecule has 1 amide bonds. The molecule has 0 saturated carbocycles. The second kappa shape index (κ2) is 7.30. The zero-order valence-electron chi connectivity index (χ0n) is 15.6. The van der Waals surface area contributed by atoms with Gasteiger partial charge in [0.1, 0.15) is 5.70 Å². The fourth-order valence-electron chi connectivity index (χ4n) is 2.89. The van der Waals surface area contributed by atoms with E-state index in [1.807, 2.05) is 80.6 Å². The predicted molar refractivity (Wildman–Crippen MR) is 112 cm³/mol. The zero-order valence-corrected chi connectivity index (χ0v) is 16.4. The highest BCUT2D eigenvalue weighted by molar-refractivity contribution is 7.80. The van der Waals surface area contributed by atoms with E-state index in [0.29, 0.717) is 10.8 Å². The molecule has 26 heavy (non-hydrogen) atoms. The number of thiocarbonyl (C=S) groups is 1. The van der Waals surface area contributed by atoms with Gasteiger partial charge >= 0.3 is 0 Å². The van der Waals surface area contributed by atoms with E-state index in [-0.39, 0.29) is 5.91 Å². The third-order valence-electron chi connectivity index (χ3n) is 4.58. The van der Waals surface area contributed by atoms with Crippen LogP contribution < -0.4 is 9.80 Å². The van der Waals surface area contributed by atoms with Crippen molar-refractivity contribution in [2.24, 2.45) is 0 Å². The molecule has 0 radical (unpaired) electrons. The van der Waals surface area contributed by atoms with Crippen molar-refractivity contribution < 1.29 is 4.79 Å². The number of rotatable bonds is 4. The maximum atomic E-state index is 13.0. The van der Waals surface area contributed by atoms with Crippen molar-refractivity contribution in [1.29, 1.82) is 0 Å². The first-order chi connectivity index (χ1) is 12.4. The van der Waals surface area contributed by atoms with E-state index >= 15 is 0 Å². The van der Waals surface area contributed by atoms with Crippen molar-refractivity contribution in [3.05, 3.63) is 65.4 Å². The van der Waals surface area contributed by atoms with Gasteiger partial charge in [-0.1, -0.05) is 31.2 Å². The van der Waals surface area contributed by atoms with Gasteiger partial charge in [0.05, 0.1) is 5.69 Å². The van der Waals surface area contributed by atoms with Gasteiger partial charge in [0.25, 0.3) is 5.91 Å². The Morgan fingerprint density at radius 2 is 1.65 bits per heavy atom. The second-order valence-corrected chi connectivity index (χ2v) is 6.88. The summed E-state index contributed by atoms with van der Waals surface area (Å²) in [6.07, 6.45) is 2.85. The summed E-state index contributed by atoms with van der Waals surface area (Å²) in [5.41, 5.74) is 4.70. The van der Waals surface area contributed by atoms with E-state index in [1.165, 1.54) is 5.56 Å². The van der Waals surface area contributed by atoms with Gasteiger partial charge in [0.2, 0.25) is 0 Å². The van der Waals surface area contributed by atoms with Gasteiger partial charge in [0.15, 0.2) is 5.11 Å². The van der Waals surface area contributed by atoms with Crippen LogP contribution in [0.2, 0.25) is 0 Å². The molecular weight excluding hydrogens is 342 g/mol. The van der Waals surface area contributed by atoms with E-state index in [9.17, 15) is 4.79 Å². The Morgan fingerprint density at radius 3 is 2.19 bits per heavy atom. The lowest BCUT2D eigenvalue weighted by atomic mass is 10.1. The molecule has 0 unspecified atom stereocenters. The molecule has 1 saturated heterocycles. The van der Waals surface area contributed by atoms with Crippen LogP contribution in [0.4, 0.5) is 11.4 Å². The van der Waals surface area contributed by atoms with Crippen LogP contribution in [0.25, 0.3) is 6.08 Å². The highest BCUT2D eigenvalue weighted by atomic mass is 32.1. The smallest absolute Gasteiger partial charge is 0.281 e.